The largest absolute Gasteiger partial charge is 0.307 e. The van der Waals surface area contributed by atoms with Crippen LogP contribution in [0.1, 0.15) is 17.5 Å². The molecule has 5 nitrogen and oxygen atoms in total. The number of nitrogens with zero attached hydrogens (tertiary/aromatic N) is 1. The molecule has 23 heavy (non-hydrogen) atoms. The molecule has 1 unspecified atom stereocenters. The summed E-state index contributed by atoms with van der Waals surface area (Å²) in [6, 6.07) is 17.5. The van der Waals surface area contributed by atoms with E-state index in [4.69, 9.17) is 5.21 Å². The summed E-state index contributed by atoms with van der Waals surface area (Å²) < 4.78 is 0. The first-order chi connectivity index (χ1) is 11.2. The Balaban J connectivity index is 1.91. The zero-order chi connectivity index (χ0) is 16.2. The molecule has 0 fully saturated rings. The van der Waals surface area contributed by atoms with Crippen LogP contribution in [-0.4, -0.2) is 17.0 Å². The van der Waals surface area contributed by atoms with Crippen LogP contribution in [0.3, 0.4) is 0 Å². The Morgan fingerprint density at radius 1 is 1.13 bits per heavy atom. The Labute approximate surface area is 134 Å². The predicted octanol–water partition coefficient (Wildman–Crippen LogP) is 2.29. The minimum atomic E-state index is -0.539. The van der Waals surface area contributed by atoms with Crippen molar-refractivity contribution in [2.24, 2.45) is 5.92 Å². The minimum Gasteiger partial charge on any atom is -0.307 e. The molecule has 5 heteroatoms. The van der Waals surface area contributed by atoms with Crippen LogP contribution in [0, 0.1) is 5.92 Å². The van der Waals surface area contributed by atoms with E-state index in [9.17, 15) is 9.59 Å². The number of hydrogen-bond acceptors (Lipinski definition) is 3. The fraction of sp³-hybridized carbons (Fsp3) is 0.222. The summed E-state index contributed by atoms with van der Waals surface area (Å²) in [5, 5.41) is 8.72. The maximum Gasteiger partial charge on any atom is 0.244 e. The fourth-order valence-electron chi connectivity index (χ4n) is 3.00. The van der Waals surface area contributed by atoms with Gasteiger partial charge in [0, 0.05) is 12.1 Å². The van der Waals surface area contributed by atoms with E-state index in [0.717, 1.165) is 16.8 Å². The Morgan fingerprint density at radius 3 is 2.57 bits per heavy atom. The van der Waals surface area contributed by atoms with Gasteiger partial charge in [0.25, 0.3) is 0 Å². The topological polar surface area (TPSA) is 69.6 Å². The van der Waals surface area contributed by atoms with Gasteiger partial charge in [0.15, 0.2) is 0 Å². The van der Waals surface area contributed by atoms with Gasteiger partial charge in [-0.25, -0.2) is 5.48 Å². The molecule has 0 radical (unpaired) electrons. The summed E-state index contributed by atoms with van der Waals surface area (Å²) >= 11 is 0. The number of carbonyl (C=O) groups is 2. The molecule has 0 aliphatic carbocycles. The van der Waals surface area contributed by atoms with E-state index in [1.165, 1.54) is 0 Å². The number of hydrogen-bond donors (Lipinski definition) is 2. The lowest BCUT2D eigenvalue weighted by Gasteiger charge is -2.34. The molecular weight excluding hydrogens is 292 g/mol. The molecule has 2 N–H and O–H groups in total. The van der Waals surface area contributed by atoms with Crippen molar-refractivity contribution in [3.8, 4) is 0 Å². The summed E-state index contributed by atoms with van der Waals surface area (Å²) in [5.74, 6) is -1.08. The highest BCUT2D eigenvalue weighted by atomic mass is 16.5. The van der Waals surface area contributed by atoms with Gasteiger partial charge in [0.2, 0.25) is 11.8 Å². The number of hydroxylamine groups is 1. The van der Waals surface area contributed by atoms with Gasteiger partial charge >= 0.3 is 0 Å². The molecule has 3 rings (SSSR count). The van der Waals surface area contributed by atoms with Crippen LogP contribution < -0.4 is 10.4 Å². The minimum absolute atomic E-state index is 0.0189. The van der Waals surface area contributed by atoms with Gasteiger partial charge < -0.3 is 4.90 Å². The summed E-state index contributed by atoms with van der Waals surface area (Å²) in [6.45, 7) is 0.466. The fourth-order valence-corrected chi connectivity index (χ4v) is 3.00. The first kappa shape index (κ1) is 15.2. The predicted molar refractivity (Wildman–Crippen MR) is 85.8 cm³/mol. The molecule has 0 saturated carbocycles. The second kappa shape index (κ2) is 6.62. The summed E-state index contributed by atoms with van der Waals surface area (Å²) in [6.07, 6.45) is 0.489. The molecule has 0 bridgehead atoms. The van der Waals surface area contributed by atoms with Crippen LogP contribution in [0.2, 0.25) is 0 Å². The number of amides is 2. The van der Waals surface area contributed by atoms with Crippen LogP contribution >= 0.6 is 0 Å². The highest BCUT2D eigenvalue weighted by Gasteiger charge is 2.33. The maximum atomic E-state index is 12.8. The molecule has 1 heterocycles. The zero-order valence-electron chi connectivity index (χ0n) is 12.6. The van der Waals surface area contributed by atoms with Gasteiger partial charge in [0.05, 0.1) is 12.5 Å². The number of para-hydroxylation sites is 1. The van der Waals surface area contributed by atoms with E-state index in [1.54, 1.807) is 10.4 Å². The first-order valence-corrected chi connectivity index (χ1v) is 7.55. The number of anilines is 1. The smallest absolute Gasteiger partial charge is 0.244 e. The van der Waals surface area contributed by atoms with Crippen molar-refractivity contribution in [3.05, 3.63) is 65.7 Å². The molecule has 1 atom stereocenters. The van der Waals surface area contributed by atoms with Gasteiger partial charge in [-0.2, -0.15) is 0 Å². The lowest BCUT2D eigenvalue weighted by molar-refractivity contribution is -0.134. The maximum absolute atomic E-state index is 12.8. The van der Waals surface area contributed by atoms with Gasteiger partial charge in [-0.15, -0.1) is 0 Å². The number of nitrogens with one attached hydrogen (secondary N) is 1. The highest BCUT2D eigenvalue weighted by molar-refractivity contribution is 5.99. The van der Waals surface area contributed by atoms with Crippen molar-refractivity contribution in [1.29, 1.82) is 0 Å². The average Bonchev–Trinajstić information content (AvgIpc) is 2.59. The van der Waals surface area contributed by atoms with Crippen LogP contribution in [0.5, 0.6) is 0 Å². The highest BCUT2D eigenvalue weighted by Crippen LogP contribution is 2.33. The van der Waals surface area contributed by atoms with Gasteiger partial charge in [-0.3, -0.25) is 14.8 Å². The molecule has 2 amide bonds. The van der Waals surface area contributed by atoms with Crippen LogP contribution in [0.25, 0.3) is 0 Å². The quantitative estimate of drug-likeness (QED) is 0.672. The molecule has 0 spiro atoms. The third kappa shape index (κ3) is 3.24. The van der Waals surface area contributed by atoms with Crippen molar-refractivity contribution >= 4 is 17.5 Å². The number of carbonyl (C=O) groups excluding carboxylic acids is 2. The van der Waals surface area contributed by atoms with Crippen LogP contribution in [0.15, 0.2) is 54.6 Å². The number of benzene rings is 2. The normalized spacial score (nSPS) is 16.8. The van der Waals surface area contributed by atoms with Crippen molar-refractivity contribution in [3.63, 3.8) is 0 Å². The molecule has 1 aliphatic heterocycles. The van der Waals surface area contributed by atoms with E-state index in [1.807, 2.05) is 54.6 Å². The Bertz CT molecular complexity index is 715. The van der Waals surface area contributed by atoms with Gasteiger partial charge in [0.1, 0.15) is 0 Å². The Morgan fingerprint density at radius 2 is 1.83 bits per heavy atom. The molecule has 2 aromatic carbocycles. The number of rotatable bonds is 4. The third-order valence-corrected chi connectivity index (χ3v) is 4.10. The lowest BCUT2D eigenvalue weighted by Crippen LogP contribution is -2.42. The lowest BCUT2D eigenvalue weighted by atomic mass is 9.89. The van der Waals surface area contributed by atoms with E-state index in [0.29, 0.717) is 13.0 Å². The molecule has 0 aromatic heterocycles. The molecule has 118 valence electrons. The Hall–Kier alpha value is -2.66. The third-order valence-electron chi connectivity index (χ3n) is 4.10. The van der Waals surface area contributed by atoms with Gasteiger partial charge in [-0.05, 0) is 23.6 Å². The average molecular weight is 310 g/mol. The second-order valence-corrected chi connectivity index (χ2v) is 5.68. The van der Waals surface area contributed by atoms with E-state index in [-0.39, 0.29) is 12.3 Å². The van der Waals surface area contributed by atoms with E-state index < -0.39 is 11.8 Å². The van der Waals surface area contributed by atoms with Crippen molar-refractivity contribution in [2.45, 2.75) is 19.4 Å². The van der Waals surface area contributed by atoms with E-state index >= 15 is 0 Å². The van der Waals surface area contributed by atoms with Crippen LogP contribution in [0.4, 0.5) is 5.69 Å². The van der Waals surface area contributed by atoms with Crippen molar-refractivity contribution in [1.82, 2.24) is 5.48 Å². The van der Waals surface area contributed by atoms with Crippen molar-refractivity contribution in [2.75, 3.05) is 4.90 Å². The first-order valence-electron chi connectivity index (χ1n) is 7.55. The zero-order valence-corrected chi connectivity index (χ0v) is 12.6. The van der Waals surface area contributed by atoms with Crippen LogP contribution in [-0.2, 0) is 22.6 Å². The molecular formula is C18H18N2O3. The summed E-state index contributed by atoms with van der Waals surface area (Å²) in [4.78, 5) is 26.0. The molecule has 2 aromatic rings. The van der Waals surface area contributed by atoms with Gasteiger partial charge in [-0.1, -0.05) is 48.5 Å². The summed E-state index contributed by atoms with van der Waals surface area (Å²) in [5.41, 5.74) is 4.57. The molecule has 0 saturated heterocycles. The Kier molecular flexibility index (Phi) is 4.39. The van der Waals surface area contributed by atoms with Crippen molar-refractivity contribution < 1.29 is 14.8 Å². The number of fused-ring (bicyclic) bond motifs is 1. The SMILES string of the molecule is O=C(CC1Cc2ccccc2N(Cc2ccccc2)C1=O)NO. The summed E-state index contributed by atoms with van der Waals surface area (Å²) in [7, 11) is 0. The standard InChI is InChI=1S/C18H18N2O3/c21-17(19-23)11-15-10-14-8-4-5-9-16(14)20(18(15)22)12-13-6-2-1-3-7-13/h1-9,15,23H,10-12H2,(H,19,21). The van der Waals surface area contributed by atoms with E-state index in [2.05, 4.69) is 0 Å². The second-order valence-electron chi connectivity index (χ2n) is 5.68. The monoisotopic (exact) mass is 310 g/mol. The molecule has 1 aliphatic rings.